The summed E-state index contributed by atoms with van der Waals surface area (Å²) in [5.74, 6) is -2.57. The molecule has 158 valence electrons. The normalized spacial score (nSPS) is 23.3. The van der Waals surface area contributed by atoms with Crippen molar-refractivity contribution in [2.24, 2.45) is 5.92 Å². The molecule has 2 aliphatic rings. The van der Waals surface area contributed by atoms with Crippen LogP contribution in [-0.2, 0) is 4.79 Å². The fourth-order valence-electron chi connectivity index (χ4n) is 4.69. The third-order valence-corrected chi connectivity index (χ3v) is 6.68. The molecule has 3 atom stereocenters. The third kappa shape index (κ3) is 4.51. The topological polar surface area (TPSA) is 49.4 Å². The zero-order valence-corrected chi connectivity index (χ0v) is 17.3. The highest BCUT2D eigenvalue weighted by Gasteiger charge is 2.47. The Hall–Kier alpha value is -2.41. The minimum atomic E-state index is -2.52. The number of anilines is 1. The number of fused-ring (bicyclic) bond motifs is 1. The van der Waals surface area contributed by atoms with E-state index in [1.807, 2.05) is 18.2 Å². The van der Waals surface area contributed by atoms with Crippen molar-refractivity contribution in [1.82, 2.24) is 4.90 Å². The molecule has 2 aromatic carbocycles. The number of thioether (sulfide) groups is 1. The van der Waals surface area contributed by atoms with Crippen LogP contribution in [0, 0.1) is 5.92 Å². The van der Waals surface area contributed by atoms with Crippen LogP contribution in [0.5, 0.6) is 0 Å². The maximum Gasteiger partial charge on any atom is 0.288 e. The zero-order valence-electron chi connectivity index (χ0n) is 16.5. The van der Waals surface area contributed by atoms with Gasteiger partial charge in [0.15, 0.2) is 0 Å². The Morgan fingerprint density at radius 2 is 1.80 bits per heavy atom. The van der Waals surface area contributed by atoms with Crippen molar-refractivity contribution < 1.29 is 18.4 Å². The SMILES string of the molecule is O=C(Nc1cccc(SC(F)F)c1)C1CC2CCCCC2N1C(=O)c1ccccc1. The van der Waals surface area contributed by atoms with Crippen LogP contribution in [0.2, 0.25) is 0 Å². The van der Waals surface area contributed by atoms with Gasteiger partial charge in [0.05, 0.1) is 0 Å². The molecule has 2 aromatic rings. The lowest BCUT2D eigenvalue weighted by atomic mass is 9.84. The second kappa shape index (κ2) is 9.16. The largest absolute Gasteiger partial charge is 0.324 e. The Balaban J connectivity index is 1.56. The van der Waals surface area contributed by atoms with Crippen molar-refractivity contribution in [3.63, 3.8) is 0 Å². The Bertz CT molecular complexity index is 909. The molecule has 1 aliphatic heterocycles. The summed E-state index contributed by atoms with van der Waals surface area (Å²) >= 11 is 0.442. The minimum absolute atomic E-state index is 0.0722. The molecule has 1 saturated carbocycles. The third-order valence-electron chi connectivity index (χ3n) is 5.97. The first kappa shape index (κ1) is 20.8. The molecule has 3 unspecified atom stereocenters. The fraction of sp³-hybridized carbons (Fsp3) is 0.391. The standard InChI is InChI=1S/C23H24F2N2O2S/c24-23(25)30-18-11-6-10-17(14-18)26-21(28)20-13-16-9-4-5-12-19(16)27(20)22(29)15-7-2-1-3-8-15/h1-3,6-8,10-11,14,16,19-20,23H,4-5,9,12-13H2,(H,26,28). The summed E-state index contributed by atoms with van der Waals surface area (Å²) in [6, 6.07) is 15.0. The molecule has 30 heavy (non-hydrogen) atoms. The van der Waals surface area contributed by atoms with Gasteiger partial charge < -0.3 is 10.2 Å². The number of carbonyl (C=O) groups excluding carboxylic acids is 2. The predicted octanol–water partition coefficient (Wildman–Crippen LogP) is 5.41. The van der Waals surface area contributed by atoms with Crippen molar-refractivity contribution in [3.05, 3.63) is 60.2 Å². The monoisotopic (exact) mass is 430 g/mol. The maximum atomic E-state index is 13.3. The highest BCUT2D eigenvalue weighted by atomic mass is 32.2. The van der Waals surface area contributed by atoms with Crippen LogP contribution in [0.1, 0.15) is 42.5 Å². The van der Waals surface area contributed by atoms with Crippen LogP contribution in [0.15, 0.2) is 59.5 Å². The van der Waals surface area contributed by atoms with E-state index in [0.29, 0.717) is 40.2 Å². The smallest absolute Gasteiger partial charge is 0.288 e. The molecule has 2 amide bonds. The van der Waals surface area contributed by atoms with Crippen LogP contribution in [0.3, 0.4) is 0 Å². The van der Waals surface area contributed by atoms with E-state index in [1.54, 1.807) is 41.3 Å². The molecule has 1 aliphatic carbocycles. The van der Waals surface area contributed by atoms with Gasteiger partial charge in [0, 0.05) is 22.2 Å². The number of benzene rings is 2. The number of hydrogen-bond acceptors (Lipinski definition) is 3. The van der Waals surface area contributed by atoms with Crippen molar-refractivity contribution in [2.45, 2.75) is 54.8 Å². The number of nitrogens with one attached hydrogen (secondary N) is 1. The van der Waals surface area contributed by atoms with Gasteiger partial charge in [-0.15, -0.1) is 0 Å². The van der Waals surface area contributed by atoms with Crippen molar-refractivity contribution in [2.75, 3.05) is 5.32 Å². The molecule has 7 heteroatoms. The molecule has 4 nitrogen and oxygen atoms in total. The summed E-state index contributed by atoms with van der Waals surface area (Å²) in [5, 5.41) is 2.85. The Labute approximate surface area is 179 Å². The molecule has 0 aromatic heterocycles. The minimum Gasteiger partial charge on any atom is -0.324 e. The maximum absolute atomic E-state index is 13.3. The summed E-state index contributed by atoms with van der Waals surface area (Å²) in [4.78, 5) is 28.6. The van der Waals surface area contributed by atoms with E-state index in [9.17, 15) is 18.4 Å². The van der Waals surface area contributed by atoms with E-state index in [-0.39, 0.29) is 17.9 Å². The lowest BCUT2D eigenvalue weighted by Crippen LogP contribution is -2.47. The van der Waals surface area contributed by atoms with E-state index in [2.05, 4.69) is 5.32 Å². The van der Waals surface area contributed by atoms with Gasteiger partial charge in [0.25, 0.3) is 11.7 Å². The first-order valence-electron chi connectivity index (χ1n) is 10.3. The number of amides is 2. The molecule has 1 N–H and O–H groups in total. The van der Waals surface area contributed by atoms with Gasteiger partial charge in [-0.3, -0.25) is 9.59 Å². The number of carbonyl (C=O) groups is 2. The number of likely N-dealkylation sites (tertiary alicyclic amines) is 1. The summed E-state index contributed by atoms with van der Waals surface area (Å²) in [6.45, 7) is 0. The van der Waals surface area contributed by atoms with Crippen LogP contribution in [-0.4, -0.2) is 34.6 Å². The Morgan fingerprint density at radius 3 is 2.57 bits per heavy atom. The van der Waals surface area contributed by atoms with E-state index in [1.165, 1.54) is 0 Å². The Morgan fingerprint density at radius 1 is 1.03 bits per heavy atom. The van der Waals surface area contributed by atoms with E-state index in [0.717, 1.165) is 25.7 Å². The van der Waals surface area contributed by atoms with E-state index in [4.69, 9.17) is 0 Å². The van der Waals surface area contributed by atoms with Gasteiger partial charge in [-0.25, -0.2) is 0 Å². The second-order valence-corrected chi connectivity index (χ2v) is 8.90. The lowest BCUT2D eigenvalue weighted by Gasteiger charge is -2.33. The number of halogens is 2. The lowest BCUT2D eigenvalue weighted by molar-refractivity contribution is -0.120. The summed E-state index contributed by atoms with van der Waals surface area (Å²) < 4.78 is 25.3. The number of nitrogens with zero attached hydrogens (tertiary/aromatic N) is 1. The number of hydrogen-bond donors (Lipinski definition) is 1. The molecular formula is C23H24F2N2O2S. The van der Waals surface area contributed by atoms with Crippen LogP contribution < -0.4 is 5.32 Å². The average Bonchev–Trinajstić information content (AvgIpc) is 3.13. The molecular weight excluding hydrogens is 406 g/mol. The molecule has 1 saturated heterocycles. The van der Waals surface area contributed by atoms with Crippen molar-refractivity contribution in [1.29, 1.82) is 0 Å². The zero-order chi connectivity index (χ0) is 21.1. The molecule has 2 fully saturated rings. The van der Waals surface area contributed by atoms with Gasteiger partial charge >= 0.3 is 0 Å². The molecule has 4 rings (SSSR count). The molecule has 0 radical (unpaired) electrons. The molecule has 1 heterocycles. The second-order valence-electron chi connectivity index (χ2n) is 7.84. The molecule has 0 spiro atoms. The van der Waals surface area contributed by atoms with Crippen molar-refractivity contribution in [3.8, 4) is 0 Å². The van der Waals surface area contributed by atoms with E-state index < -0.39 is 11.8 Å². The first-order valence-corrected chi connectivity index (χ1v) is 11.1. The molecule has 0 bridgehead atoms. The highest BCUT2D eigenvalue weighted by molar-refractivity contribution is 7.99. The van der Waals surface area contributed by atoms with Crippen LogP contribution >= 0.6 is 11.8 Å². The quantitative estimate of drug-likeness (QED) is 0.645. The summed E-state index contributed by atoms with van der Waals surface area (Å²) in [7, 11) is 0. The average molecular weight is 431 g/mol. The van der Waals surface area contributed by atoms with Gasteiger partial charge in [-0.1, -0.05) is 48.9 Å². The number of alkyl halides is 2. The van der Waals surface area contributed by atoms with Crippen LogP contribution in [0.25, 0.3) is 0 Å². The van der Waals surface area contributed by atoms with Gasteiger partial charge in [0.1, 0.15) is 6.04 Å². The van der Waals surface area contributed by atoms with Crippen molar-refractivity contribution >= 4 is 29.3 Å². The highest BCUT2D eigenvalue weighted by Crippen LogP contribution is 2.41. The number of rotatable bonds is 5. The van der Waals surface area contributed by atoms with Gasteiger partial charge in [0.2, 0.25) is 5.91 Å². The summed E-state index contributed by atoms with van der Waals surface area (Å²) in [5.41, 5.74) is 1.05. The van der Waals surface area contributed by atoms with Crippen LogP contribution in [0.4, 0.5) is 14.5 Å². The predicted molar refractivity (Wildman–Crippen MR) is 114 cm³/mol. The van der Waals surface area contributed by atoms with Gasteiger partial charge in [-0.2, -0.15) is 8.78 Å². The fourth-order valence-corrected chi connectivity index (χ4v) is 5.25. The summed E-state index contributed by atoms with van der Waals surface area (Å²) in [6.07, 6.45) is 4.75. The van der Waals surface area contributed by atoms with E-state index >= 15 is 0 Å². The van der Waals surface area contributed by atoms with Gasteiger partial charge in [-0.05, 0) is 55.5 Å². The Kier molecular flexibility index (Phi) is 6.37. The first-order chi connectivity index (χ1) is 14.5.